The minimum Gasteiger partial charge on any atom is -0.395 e. The van der Waals surface area contributed by atoms with E-state index in [1.54, 1.807) is 18.0 Å². The zero-order chi connectivity index (χ0) is 13.1. The second-order valence-electron chi connectivity index (χ2n) is 4.41. The lowest BCUT2D eigenvalue weighted by molar-refractivity contribution is -0.119. The first-order valence-electron chi connectivity index (χ1n) is 5.77. The predicted molar refractivity (Wildman–Crippen MR) is 67.8 cm³/mol. The van der Waals surface area contributed by atoms with Gasteiger partial charge in [0, 0.05) is 19.3 Å². The fraction of sp³-hybridized carbons (Fsp3) is 0.417. The highest BCUT2D eigenvalue weighted by molar-refractivity contribution is 5.83. The molecule has 0 unspecified atom stereocenters. The van der Waals surface area contributed by atoms with Gasteiger partial charge in [0.15, 0.2) is 5.82 Å². The van der Waals surface area contributed by atoms with Crippen LogP contribution in [0.3, 0.4) is 0 Å². The van der Waals surface area contributed by atoms with E-state index in [0.717, 1.165) is 12.8 Å². The lowest BCUT2D eigenvalue weighted by Gasteiger charge is -2.19. The fourth-order valence-electron chi connectivity index (χ4n) is 1.66. The Morgan fingerprint density at radius 3 is 3.06 bits per heavy atom. The van der Waals surface area contributed by atoms with Crippen molar-refractivity contribution in [3.8, 4) is 6.07 Å². The van der Waals surface area contributed by atoms with Crippen LogP contribution < -0.4 is 16.0 Å². The molecule has 6 heteroatoms. The van der Waals surface area contributed by atoms with Crippen molar-refractivity contribution in [1.29, 1.82) is 5.26 Å². The number of likely N-dealkylation sites (N-methyl/N-ethyl adjacent to an activating group) is 1. The maximum absolute atomic E-state index is 11.7. The Balaban J connectivity index is 2.06. The fourth-order valence-corrected chi connectivity index (χ4v) is 1.66. The molecule has 0 aromatic carbocycles. The number of hydrogen-bond donors (Lipinski definition) is 2. The maximum atomic E-state index is 11.7. The van der Waals surface area contributed by atoms with Crippen LogP contribution in [0.15, 0.2) is 12.3 Å². The molecule has 0 saturated heterocycles. The molecule has 94 valence electrons. The molecule has 1 saturated carbocycles. The van der Waals surface area contributed by atoms with Crippen LogP contribution in [-0.2, 0) is 4.79 Å². The Labute approximate surface area is 105 Å². The van der Waals surface area contributed by atoms with Crippen molar-refractivity contribution in [3.63, 3.8) is 0 Å². The van der Waals surface area contributed by atoms with Crippen LogP contribution in [0.25, 0.3) is 0 Å². The Morgan fingerprint density at radius 2 is 2.44 bits per heavy atom. The van der Waals surface area contributed by atoms with Gasteiger partial charge in [-0.1, -0.05) is 0 Å². The molecule has 0 bridgehead atoms. The van der Waals surface area contributed by atoms with E-state index in [1.165, 1.54) is 6.20 Å². The van der Waals surface area contributed by atoms with Crippen LogP contribution in [0.2, 0.25) is 0 Å². The third kappa shape index (κ3) is 2.69. The van der Waals surface area contributed by atoms with Gasteiger partial charge in [0.05, 0.1) is 17.8 Å². The number of nitrogens with zero attached hydrogens (tertiary/aromatic N) is 3. The third-order valence-corrected chi connectivity index (χ3v) is 2.77. The lowest BCUT2D eigenvalue weighted by atomic mass is 10.2. The van der Waals surface area contributed by atoms with Gasteiger partial charge in [0.2, 0.25) is 5.91 Å². The first-order valence-corrected chi connectivity index (χ1v) is 5.77. The summed E-state index contributed by atoms with van der Waals surface area (Å²) in [5.74, 6) is 0.406. The summed E-state index contributed by atoms with van der Waals surface area (Å²) in [5, 5.41) is 11.8. The van der Waals surface area contributed by atoms with Gasteiger partial charge in [-0.25, -0.2) is 4.98 Å². The summed E-state index contributed by atoms with van der Waals surface area (Å²) in [5.41, 5.74) is 6.50. The molecule has 0 radical (unpaired) electrons. The lowest BCUT2D eigenvalue weighted by Crippen LogP contribution is -2.36. The standard InChI is InChI=1S/C12H15N5O/c1-17(7-10(18)16-9-2-3-9)12-11(14)8(6-13)4-5-15-12/h4-5,9H,2-3,7,14H2,1H3,(H,16,18). The van der Waals surface area contributed by atoms with E-state index in [1.807, 2.05) is 6.07 Å². The van der Waals surface area contributed by atoms with E-state index >= 15 is 0 Å². The molecule has 3 N–H and O–H groups in total. The molecule has 0 spiro atoms. The molecule has 18 heavy (non-hydrogen) atoms. The van der Waals surface area contributed by atoms with E-state index in [4.69, 9.17) is 11.0 Å². The Kier molecular flexibility index (Phi) is 3.33. The van der Waals surface area contributed by atoms with Gasteiger partial charge in [-0.2, -0.15) is 5.26 Å². The first-order chi connectivity index (χ1) is 8.61. The molecule has 0 aliphatic heterocycles. The molecule has 1 heterocycles. The van der Waals surface area contributed by atoms with E-state index in [-0.39, 0.29) is 12.5 Å². The van der Waals surface area contributed by atoms with Crippen molar-refractivity contribution in [3.05, 3.63) is 17.8 Å². The third-order valence-electron chi connectivity index (χ3n) is 2.77. The number of nitriles is 1. The molecule has 2 rings (SSSR count). The van der Waals surface area contributed by atoms with E-state index < -0.39 is 0 Å². The summed E-state index contributed by atoms with van der Waals surface area (Å²) in [6.45, 7) is 0.183. The number of aromatic nitrogens is 1. The topological polar surface area (TPSA) is 95.0 Å². The summed E-state index contributed by atoms with van der Waals surface area (Å²) >= 11 is 0. The zero-order valence-electron chi connectivity index (χ0n) is 10.2. The molecule has 1 aromatic heterocycles. The average molecular weight is 245 g/mol. The Morgan fingerprint density at radius 1 is 1.72 bits per heavy atom. The zero-order valence-corrected chi connectivity index (χ0v) is 10.2. The van der Waals surface area contributed by atoms with Gasteiger partial charge in [0.1, 0.15) is 6.07 Å². The van der Waals surface area contributed by atoms with E-state index in [2.05, 4.69) is 10.3 Å². The molecule has 6 nitrogen and oxygen atoms in total. The number of nitrogens with one attached hydrogen (secondary N) is 1. The molecule has 1 fully saturated rings. The first kappa shape index (κ1) is 12.2. The molecule has 1 aliphatic carbocycles. The van der Waals surface area contributed by atoms with Gasteiger partial charge in [-0.05, 0) is 18.9 Å². The van der Waals surface area contributed by atoms with Gasteiger partial charge in [-0.3, -0.25) is 4.79 Å². The summed E-state index contributed by atoms with van der Waals surface area (Å²) in [4.78, 5) is 17.4. The number of amides is 1. The molecular weight excluding hydrogens is 230 g/mol. The maximum Gasteiger partial charge on any atom is 0.239 e. The number of hydrogen-bond acceptors (Lipinski definition) is 5. The molecule has 1 aromatic rings. The van der Waals surface area contributed by atoms with Crippen molar-refractivity contribution in [2.45, 2.75) is 18.9 Å². The second kappa shape index (κ2) is 4.92. The second-order valence-corrected chi connectivity index (χ2v) is 4.41. The SMILES string of the molecule is CN(CC(=O)NC1CC1)c1nccc(C#N)c1N. The summed E-state index contributed by atoms with van der Waals surface area (Å²) in [6.07, 6.45) is 3.62. The Hall–Kier alpha value is -2.29. The highest BCUT2D eigenvalue weighted by Gasteiger charge is 2.24. The summed E-state index contributed by atoms with van der Waals surface area (Å²) in [6, 6.07) is 3.88. The van der Waals surface area contributed by atoms with E-state index in [9.17, 15) is 4.79 Å². The summed E-state index contributed by atoms with van der Waals surface area (Å²) < 4.78 is 0. The Bertz CT molecular complexity index is 504. The van der Waals surface area contributed by atoms with Crippen LogP contribution in [0.4, 0.5) is 11.5 Å². The molecule has 1 amide bonds. The largest absolute Gasteiger partial charge is 0.395 e. The van der Waals surface area contributed by atoms with Gasteiger partial charge in [0.25, 0.3) is 0 Å². The normalized spacial score (nSPS) is 13.8. The van der Waals surface area contributed by atoms with Crippen molar-refractivity contribution in [2.75, 3.05) is 24.2 Å². The van der Waals surface area contributed by atoms with Crippen LogP contribution in [0.1, 0.15) is 18.4 Å². The molecule has 1 aliphatic rings. The summed E-state index contributed by atoms with van der Waals surface area (Å²) in [7, 11) is 1.73. The number of carbonyl (C=O) groups is 1. The number of rotatable bonds is 4. The highest BCUT2D eigenvalue weighted by atomic mass is 16.2. The van der Waals surface area contributed by atoms with Crippen LogP contribution >= 0.6 is 0 Å². The number of carbonyl (C=O) groups excluding carboxylic acids is 1. The highest BCUT2D eigenvalue weighted by Crippen LogP contribution is 2.22. The number of anilines is 2. The quantitative estimate of drug-likeness (QED) is 0.792. The van der Waals surface area contributed by atoms with Crippen molar-refractivity contribution >= 4 is 17.4 Å². The average Bonchev–Trinajstić information content (AvgIpc) is 3.12. The predicted octanol–water partition coefficient (Wildman–Crippen LogP) is 0.250. The van der Waals surface area contributed by atoms with Gasteiger partial charge < -0.3 is 16.0 Å². The van der Waals surface area contributed by atoms with Gasteiger partial charge in [-0.15, -0.1) is 0 Å². The van der Waals surface area contributed by atoms with E-state index in [0.29, 0.717) is 23.1 Å². The van der Waals surface area contributed by atoms with Crippen molar-refractivity contribution in [1.82, 2.24) is 10.3 Å². The van der Waals surface area contributed by atoms with Crippen LogP contribution in [0.5, 0.6) is 0 Å². The van der Waals surface area contributed by atoms with Crippen LogP contribution in [0, 0.1) is 11.3 Å². The van der Waals surface area contributed by atoms with Crippen molar-refractivity contribution in [2.24, 2.45) is 0 Å². The van der Waals surface area contributed by atoms with Crippen molar-refractivity contribution < 1.29 is 4.79 Å². The molecule has 0 atom stereocenters. The molecular formula is C12H15N5O. The number of nitrogens with two attached hydrogens (primary N) is 1. The number of pyridine rings is 1. The van der Waals surface area contributed by atoms with Crippen LogP contribution in [-0.4, -0.2) is 30.5 Å². The van der Waals surface area contributed by atoms with Gasteiger partial charge >= 0.3 is 0 Å². The minimum atomic E-state index is -0.0523. The minimum absolute atomic E-state index is 0.0523. The smallest absolute Gasteiger partial charge is 0.239 e. The monoisotopic (exact) mass is 245 g/mol. The number of nitrogen functional groups attached to an aromatic ring is 1.